The van der Waals surface area contributed by atoms with Crippen LogP contribution in [0.1, 0.15) is 0 Å². The minimum atomic E-state index is -2.22. The van der Waals surface area contributed by atoms with Crippen molar-refractivity contribution >= 4 is 21.9 Å². The van der Waals surface area contributed by atoms with Crippen LogP contribution in [0.2, 0.25) is 0 Å². The monoisotopic (exact) mass is 244 g/mol. The van der Waals surface area contributed by atoms with E-state index in [4.69, 9.17) is 4.74 Å². The standard InChI is InChI=1S/C11H10O3S.Na/c1-14-10-6-2-5-9-8(10)4-3-7-11(9)15(12)13;/h2-7H,1H3,(H,12,13);/q;+1/p-1. The summed E-state index contributed by atoms with van der Waals surface area (Å²) in [5.41, 5.74) is 0. The smallest absolute Gasteiger partial charge is 0.768 e. The summed E-state index contributed by atoms with van der Waals surface area (Å²) in [5, 5.41) is 1.49. The van der Waals surface area contributed by atoms with Gasteiger partial charge in [-0.2, -0.15) is 0 Å². The van der Waals surface area contributed by atoms with Crippen molar-refractivity contribution in [2.45, 2.75) is 4.90 Å². The average molecular weight is 244 g/mol. The number of hydrogen-bond donors (Lipinski definition) is 0. The zero-order chi connectivity index (χ0) is 10.8. The molecule has 0 heterocycles. The predicted octanol–water partition coefficient (Wildman–Crippen LogP) is -0.910. The zero-order valence-corrected chi connectivity index (χ0v) is 11.9. The van der Waals surface area contributed by atoms with Crippen LogP contribution in [0.5, 0.6) is 5.75 Å². The van der Waals surface area contributed by atoms with E-state index in [1.165, 1.54) is 0 Å². The molecule has 0 saturated heterocycles. The predicted molar refractivity (Wildman–Crippen MR) is 57.7 cm³/mol. The molecule has 16 heavy (non-hydrogen) atoms. The quantitative estimate of drug-likeness (QED) is 0.507. The Balaban J connectivity index is 0.00000128. The van der Waals surface area contributed by atoms with Gasteiger partial charge < -0.3 is 9.29 Å². The van der Waals surface area contributed by atoms with Gasteiger partial charge in [-0.3, -0.25) is 4.21 Å². The average Bonchev–Trinajstić information content (AvgIpc) is 2.27. The Morgan fingerprint density at radius 2 is 1.75 bits per heavy atom. The van der Waals surface area contributed by atoms with Crippen LogP contribution in [0.4, 0.5) is 0 Å². The van der Waals surface area contributed by atoms with Crippen molar-refractivity contribution < 1.29 is 43.1 Å². The summed E-state index contributed by atoms with van der Waals surface area (Å²) in [6.07, 6.45) is 0. The number of rotatable bonds is 2. The van der Waals surface area contributed by atoms with Crippen molar-refractivity contribution in [1.29, 1.82) is 0 Å². The first-order valence-corrected chi connectivity index (χ1v) is 5.46. The van der Waals surface area contributed by atoms with E-state index in [-0.39, 0.29) is 29.6 Å². The van der Waals surface area contributed by atoms with Crippen molar-refractivity contribution in [2.24, 2.45) is 0 Å². The van der Waals surface area contributed by atoms with E-state index < -0.39 is 11.1 Å². The topological polar surface area (TPSA) is 49.4 Å². The van der Waals surface area contributed by atoms with Crippen molar-refractivity contribution in [2.75, 3.05) is 7.11 Å². The van der Waals surface area contributed by atoms with Crippen LogP contribution >= 0.6 is 0 Å². The van der Waals surface area contributed by atoms with Crippen LogP contribution in [-0.2, 0) is 11.1 Å². The molecule has 2 rings (SSSR count). The maximum absolute atomic E-state index is 11.0. The van der Waals surface area contributed by atoms with Crippen molar-refractivity contribution in [3.63, 3.8) is 0 Å². The third-order valence-corrected chi connectivity index (χ3v) is 2.96. The Kier molecular flexibility index (Phi) is 4.95. The maximum atomic E-state index is 11.0. The molecule has 0 bridgehead atoms. The first-order chi connectivity index (χ1) is 7.24. The molecule has 0 aliphatic heterocycles. The van der Waals surface area contributed by atoms with Crippen LogP contribution in [0.3, 0.4) is 0 Å². The van der Waals surface area contributed by atoms with E-state index in [0.717, 1.165) is 5.39 Å². The first kappa shape index (κ1) is 13.7. The summed E-state index contributed by atoms with van der Waals surface area (Å²) in [7, 11) is 1.57. The molecule has 0 aliphatic carbocycles. The molecule has 0 radical (unpaired) electrons. The van der Waals surface area contributed by atoms with Gasteiger partial charge in [-0.15, -0.1) is 0 Å². The van der Waals surface area contributed by atoms with Gasteiger partial charge in [0, 0.05) is 15.7 Å². The Hall–Kier alpha value is -0.390. The van der Waals surface area contributed by atoms with E-state index in [1.807, 2.05) is 6.07 Å². The molecule has 78 valence electrons. The zero-order valence-electron chi connectivity index (χ0n) is 9.10. The van der Waals surface area contributed by atoms with E-state index in [1.54, 1.807) is 37.4 Å². The third kappa shape index (κ3) is 2.47. The van der Waals surface area contributed by atoms with Crippen LogP contribution in [0.15, 0.2) is 41.3 Å². The van der Waals surface area contributed by atoms with E-state index in [9.17, 15) is 8.76 Å². The van der Waals surface area contributed by atoms with Gasteiger partial charge in [0.15, 0.2) is 0 Å². The number of methoxy groups -OCH3 is 1. The second-order valence-corrected chi connectivity index (χ2v) is 3.96. The normalized spacial score (nSPS) is 11.9. The minimum Gasteiger partial charge on any atom is -0.768 e. The molecular formula is C11H9NaO3S. The van der Waals surface area contributed by atoms with E-state index >= 15 is 0 Å². The minimum absolute atomic E-state index is 0. The third-order valence-electron chi connectivity index (χ3n) is 2.24. The Morgan fingerprint density at radius 3 is 2.38 bits per heavy atom. The Morgan fingerprint density at radius 1 is 1.12 bits per heavy atom. The van der Waals surface area contributed by atoms with Crippen LogP contribution < -0.4 is 34.3 Å². The molecule has 0 aliphatic rings. The van der Waals surface area contributed by atoms with Gasteiger partial charge in [0.2, 0.25) is 0 Å². The summed E-state index contributed by atoms with van der Waals surface area (Å²) >= 11 is -2.22. The van der Waals surface area contributed by atoms with Gasteiger partial charge in [-0.1, -0.05) is 24.3 Å². The number of fused-ring (bicyclic) bond motifs is 1. The van der Waals surface area contributed by atoms with Gasteiger partial charge >= 0.3 is 29.6 Å². The molecule has 0 aromatic heterocycles. The summed E-state index contributed by atoms with van der Waals surface area (Å²) < 4.78 is 27.1. The summed E-state index contributed by atoms with van der Waals surface area (Å²) in [6.45, 7) is 0. The number of ether oxygens (including phenoxy) is 1. The van der Waals surface area contributed by atoms with Crippen molar-refractivity contribution in [3.05, 3.63) is 36.4 Å². The molecule has 0 N–H and O–H groups in total. The first-order valence-electron chi connectivity index (χ1n) is 4.39. The van der Waals surface area contributed by atoms with Crippen molar-refractivity contribution in [3.8, 4) is 5.75 Å². The second kappa shape index (κ2) is 5.80. The Bertz CT molecular complexity index is 528. The van der Waals surface area contributed by atoms with Crippen LogP contribution in [-0.4, -0.2) is 15.9 Å². The van der Waals surface area contributed by atoms with E-state index in [0.29, 0.717) is 16.0 Å². The molecule has 0 fully saturated rings. The molecule has 0 amide bonds. The molecule has 2 aromatic carbocycles. The Labute approximate surface area is 118 Å². The molecule has 1 atom stereocenters. The molecule has 2 aromatic rings. The maximum Gasteiger partial charge on any atom is 1.00 e. The summed E-state index contributed by atoms with van der Waals surface area (Å²) in [6, 6.07) is 10.5. The van der Waals surface area contributed by atoms with Gasteiger partial charge in [-0.05, 0) is 23.2 Å². The number of hydrogen-bond acceptors (Lipinski definition) is 3. The van der Waals surface area contributed by atoms with E-state index in [2.05, 4.69) is 0 Å². The van der Waals surface area contributed by atoms with Crippen molar-refractivity contribution in [1.82, 2.24) is 0 Å². The summed E-state index contributed by atoms with van der Waals surface area (Å²) in [5.74, 6) is 0.680. The molecule has 3 nitrogen and oxygen atoms in total. The fourth-order valence-electron chi connectivity index (χ4n) is 1.58. The fraction of sp³-hybridized carbons (Fsp3) is 0.0909. The van der Waals surface area contributed by atoms with Gasteiger partial charge in [0.1, 0.15) is 5.75 Å². The summed E-state index contributed by atoms with van der Waals surface area (Å²) in [4.78, 5) is 0.298. The molecule has 0 saturated carbocycles. The molecule has 1 unspecified atom stereocenters. The molecule has 5 heteroatoms. The second-order valence-electron chi connectivity index (χ2n) is 3.05. The SMILES string of the molecule is COc1cccc2c(S(=O)[O-])cccc12.[Na+]. The molecule has 0 spiro atoms. The molecular weight excluding hydrogens is 235 g/mol. The largest absolute Gasteiger partial charge is 1.00 e. The van der Waals surface area contributed by atoms with Crippen LogP contribution in [0, 0.1) is 0 Å². The van der Waals surface area contributed by atoms with Gasteiger partial charge in [0.25, 0.3) is 0 Å². The number of benzene rings is 2. The van der Waals surface area contributed by atoms with Gasteiger partial charge in [-0.25, -0.2) is 0 Å². The van der Waals surface area contributed by atoms with Crippen LogP contribution in [0.25, 0.3) is 10.8 Å². The van der Waals surface area contributed by atoms with Gasteiger partial charge in [0.05, 0.1) is 7.11 Å². The fourth-order valence-corrected chi connectivity index (χ4v) is 2.12.